The summed E-state index contributed by atoms with van der Waals surface area (Å²) in [6.07, 6.45) is -0.256. The molecule has 0 atom stereocenters. The van der Waals surface area contributed by atoms with E-state index in [1.165, 1.54) is 0 Å². The van der Waals surface area contributed by atoms with Crippen LogP contribution in [0.5, 0.6) is 0 Å². The summed E-state index contributed by atoms with van der Waals surface area (Å²) in [6.45, 7) is 0. The van der Waals surface area contributed by atoms with Gasteiger partial charge in [-0.2, -0.15) is 0 Å². The van der Waals surface area contributed by atoms with Crippen molar-refractivity contribution < 1.29 is 4.11 Å². The molecule has 0 aliphatic carbocycles. The second-order valence-electron chi connectivity index (χ2n) is 2.77. The van der Waals surface area contributed by atoms with Crippen LogP contribution in [0, 0.1) is 0 Å². The van der Waals surface area contributed by atoms with Crippen LogP contribution in [0.2, 0.25) is 5.15 Å². The van der Waals surface area contributed by atoms with Crippen molar-refractivity contribution in [3.8, 4) is 0 Å². The molecule has 0 radical (unpaired) electrons. The van der Waals surface area contributed by atoms with Crippen LogP contribution in [0.25, 0.3) is 0 Å². The number of hydrogen-bond donors (Lipinski definition) is 1. The van der Waals surface area contributed by atoms with Crippen molar-refractivity contribution in [2.75, 3.05) is 5.32 Å². The van der Waals surface area contributed by atoms with Gasteiger partial charge >= 0.3 is 0 Å². The average molecular weight is 290 g/mol. The highest BCUT2D eigenvalue weighted by Crippen LogP contribution is 2.21. The molecule has 0 saturated carbocycles. The maximum atomic E-state index is 7.76. The van der Waals surface area contributed by atoms with Crippen molar-refractivity contribution in [2.45, 2.75) is 0 Å². The van der Waals surface area contributed by atoms with Gasteiger partial charge in [0, 0.05) is 22.0 Å². The molecule has 1 aromatic carbocycles. The number of pyridine rings is 1. The van der Waals surface area contributed by atoms with Crippen LogP contribution in [0.3, 0.4) is 0 Å². The molecule has 0 aliphatic rings. The fourth-order valence-electron chi connectivity index (χ4n) is 1.07. The smallest absolute Gasteiger partial charge is 0.131 e. The Bertz CT molecular complexity index is 581. The standard InChI is InChI=1S/C11H8BrClN2/c12-8-2-1-3-9(6-8)15-10-4-5-14-11(13)7-10/h1-7H,(H,14,15)/i4T,5T,7T. The third-order valence-corrected chi connectivity index (χ3v) is 2.33. The molecule has 1 N–H and O–H groups in total. The summed E-state index contributed by atoms with van der Waals surface area (Å²) in [5.41, 5.74) is 0.881. The fraction of sp³-hybridized carbons (Fsp3) is 0. The first-order chi connectivity index (χ1) is 8.49. The summed E-state index contributed by atoms with van der Waals surface area (Å²) in [7, 11) is 0. The van der Waals surface area contributed by atoms with Gasteiger partial charge in [-0.3, -0.25) is 0 Å². The molecule has 0 unspecified atom stereocenters. The zero-order chi connectivity index (χ0) is 13.3. The number of rotatable bonds is 2. The summed E-state index contributed by atoms with van der Waals surface area (Å²) < 4.78 is 23.9. The van der Waals surface area contributed by atoms with E-state index in [1.807, 2.05) is 12.1 Å². The van der Waals surface area contributed by atoms with Gasteiger partial charge in [0.2, 0.25) is 0 Å². The van der Waals surface area contributed by atoms with Crippen LogP contribution in [-0.4, -0.2) is 4.98 Å². The zero-order valence-electron chi connectivity index (χ0n) is 10.5. The van der Waals surface area contributed by atoms with E-state index in [0.717, 1.165) is 4.47 Å². The van der Waals surface area contributed by atoms with Crippen LogP contribution in [0.1, 0.15) is 4.11 Å². The molecule has 1 heterocycles. The highest BCUT2D eigenvalue weighted by Gasteiger charge is 1.96. The van der Waals surface area contributed by atoms with E-state index in [-0.39, 0.29) is 29.1 Å². The van der Waals surface area contributed by atoms with Gasteiger partial charge in [0.05, 0.1) is 4.11 Å². The number of nitrogens with one attached hydrogen (secondary N) is 1. The molecule has 0 fully saturated rings. The monoisotopic (exact) mass is 288 g/mol. The van der Waals surface area contributed by atoms with Gasteiger partial charge in [0.25, 0.3) is 0 Å². The summed E-state index contributed by atoms with van der Waals surface area (Å²) >= 11 is 9.07. The lowest BCUT2D eigenvalue weighted by atomic mass is 10.3. The van der Waals surface area contributed by atoms with Crippen LogP contribution >= 0.6 is 27.5 Å². The predicted octanol–water partition coefficient (Wildman–Crippen LogP) is 4.24. The molecular weight excluding hydrogens is 275 g/mol. The molecule has 0 aliphatic heterocycles. The van der Waals surface area contributed by atoms with E-state index < -0.39 is 0 Å². The Morgan fingerprint density at radius 1 is 1.40 bits per heavy atom. The third-order valence-electron chi connectivity index (χ3n) is 1.66. The molecule has 0 bridgehead atoms. The van der Waals surface area contributed by atoms with Crippen molar-refractivity contribution in [2.24, 2.45) is 0 Å². The Kier molecular flexibility index (Phi) is 2.24. The summed E-state index contributed by atoms with van der Waals surface area (Å²) in [6, 6.07) is 7.05. The van der Waals surface area contributed by atoms with E-state index in [9.17, 15) is 0 Å². The Hall–Kier alpha value is -1.06. The molecule has 0 amide bonds. The minimum atomic E-state index is -0.256. The highest BCUT2D eigenvalue weighted by molar-refractivity contribution is 9.10. The van der Waals surface area contributed by atoms with Gasteiger partial charge < -0.3 is 5.32 Å². The number of aromatic nitrogens is 1. The van der Waals surface area contributed by atoms with E-state index >= 15 is 0 Å². The molecule has 0 spiro atoms. The number of nitrogens with zero attached hydrogens (tertiary/aromatic N) is 1. The molecule has 2 aromatic rings. The van der Waals surface area contributed by atoms with Crippen molar-refractivity contribution in [1.82, 2.24) is 4.98 Å². The summed E-state index contributed by atoms with van der Waals surface area (Å²) in [4.78, 5) is 3.60. The Labute approximate surface area is 106 Å². The maximum absolute atomic E-state index is 7.76. The van der Waals surface area contributed by atoms with Gasteiger partial charge in [-0.1, -0.05) is 33.6 Å². The van der Waals surface area contributed by atoms with Crippen molar-refractivity contribution in [1.29, 1.82) is 0 Å². The van der Waals surface area contributed by atoms with Gasteiger partial charge in [0.1, 0.15) is 5.15 Å². The van der Waals surface area contributed by atoms with Crippen molar-refractivity contribution in [3.05, 3.63) is 52.1 Å². The largest absolute Gasteiger partial charge is 0.355 e. The predicted molar refractivity (Wildman–Crippen MR) is 66.7 cm³/mol. The lowest BCUT2D eigenvalue weighted by molar-refractivity contribution is 1.32. The first kappa shape index (κ1) is 7.25. The number of benzene rings is 1. The van der Waals surface area contributed by atoms with E-state index in [2.05, 4.69) is 26.2 Å². The van der Waals surface area contributed by atoms with Crippen LogP contribution in [-0.2, 0) is 0 Å². The van der Waals surface area contributed by atoms with E-state index in [4.69, 9.17) is 15.7 Å². The van der Waals surface area contributed by atoms with Crippen LogP contribution < -0.4 is 5.32 Å². The molecule has 4 heteroatoms. The molecular formula is C11H8BrClN2. The van der Waals surface area contributed by atoms with Crippen molar-refractivity contribution >= 4 is 38.9 Å². The minimum absolute atomic E-state index is 0.0855. The van der Waals surface area contributed by atoms with Gasteiger partial charge in [-0.15, -0.1) is 0 Å². The fourth-order valence-corrected chi connectivity index (χ4v) is 1.60. The van der Waals surface area contributed by atoms with Crippen LogP contribution in [0.4, 0.5) is 11.4 Å². The lowest BCUT2D eigenvalue weighted by Crippen LogP contribution is -1.90. The highest BCUT2D eigenvalue weighted by atomic mass is 79.9. The third kappa shape index (κ3) is 2.94. The van der Waals surface area contributed by atoms with E-state index in [1.54, 1.807) is 12.1 Å². The molecule has 2 rings (SSSR count). The lowest BCUT2D eigenvalue weighted by Gasteiger charge is -2.06. The molecule has 0 saturated heterocycles. The Morgan fingerprint density at radius 2 is 2.27 bits per heavy atom. The molecule has 2 nitrogen and oxygen atoms in total. The quantitative estimate of drug-likeness (QED) is 0.836. The molecule has 76 valence electrons. The normalized spacial score (nSPS) is 12.8. The number of anilines is 2. The topological polar surface area (TPSA) is 24.9 Å². The summed E-state index contributed by atoms with van der Waals surface area (Å²) in [5, 5.41) is 2.82. The summed E-state index contributed by atoms with van der Waals surface area (Å²) in [5.74, 6) is 0. The molecule has 15 heavy (non-hydrogen) atoms. The minimum Gasteiger partial charge on any atom is -0.355 e. The Balaban J connectivity index is 2.46. The second kappa shape index (κ2) is 4.64. The molecule has 1 aromatic heterocycles. The number of halogens is 2. The second-order valence-corrected chi connectivity index (χ2v) is 4.05. The van der Waals surface area contributed by atoms with Gasteiger partial charge in [-0.25, -0.2) is 4.98 Å². The van der Waals surface area contributed by atoms with E-state index in [0.29, 0.717) is 5.69 Å². The SMILES string of the molecule is [3H]c1nc(Cl)c([3H])c(Nc2cccc(Br)c2)c1[3H]. The van der Waals surface area contributed by atoms with Crippen LogP contribution in [0.15, 0.2) is 47.0 Å². The number of hydrogen-bond acceptors (Lipinski definition) is 2. The van der Waals surface area contributed by atoms with Gasteiger partial charge in [0.15, 0.2) is 0 Å². The average Bonchev–Trinajstić information content (AvgIpc) is 2.32. The van der Waals surface area contributed by atoms with Gasteiger partial charge in [-0.05, 0) is 30.3 Å². The first-order valence-electron chi connectivity index (χ1n) is 5.65. The Morgan fingerprint density at radius 3 is 3.07 bits per heavy atom. The van der Waals surface area contributed by atoms with Crippen molar-refractivity contribution in [3.63, 3.8) is 0 Å². The zero-order valence-corrected chi connectivity index (χ0v) is 9.85. The first-order valence-corrected chi connectivity index (χ1v) is 5.32. The maximum Gasteiger partial charge on any atom is 0.131 e.